The van der Waals surface area contributed by atoms with Crippen molar-refractivity contribution in [2.24, 2.45) is 0 Å². The van der Waals surface area contributed by atoms with Crippen LogP contribution < -0.4 is 0 Å². The van der Waals surface area contributed by atoms with E-state index in [1.807, 2.05) is 18.2 Å². The number of aromatic nitrogens is 2. The first-order valence-corrected chi connectivity index (χ1v) is 10.2. The molecule has 30 heavy (non-hydrogen) atoms. The second-order valence-corrected chi connectivity index (χ2v) is 8.69. The highest BCUT2D eigenvalue weighted by Gasteiger charge is 2.19. The van der Waals surface area contributed by atoms with Crippen molar-refractivity contribution in [1.29, 1.82) is 0 Å². The van der Waals surface area contributed by atoms with Crippen LogP contribution >= 0.6 is 0 Å². The molecule has 0 saturated carbocycles. The fraction of sp³-hybridized carbons (Fsp3) is 0.280. The minimum absolute atomic E-state index is 0.125. The largest absolute Gasteiger partial charge is 0.459 e. The predicted octanol–water partition coefficient (Wildman–Crippen LogP) is 5.25. The molecule has 5 nitrogen and oxygen atoms in total. The number of nitrogens with zero attached hydrogens (tertiary/aromatic N) is 3. The molecule has 0 saturated heterocycles. The third kappa shape index (κ3) is 4.01. The van der Waals surface area contributed by atoms with Gasteiger partial charge in [-0.25, -0.2) is 4.98 Å². The number of carbonyl (C=O) groups is 1. The van der Waals surface area contributed by atoms with Crippen molar-refractivity contribution in [1.82, 2.24) is 14.5 Å². The molecule has 0 unspecified atom stereocenters. The number of rotatable bonds is 5. The lowest BCUT2D eigenvalue weighted by molar-refractivity contribution is 0.0748. The maximum absolute atomic E-state index is 12.6. The molecule has 0 bridgehead atoms. The van der Waals surface area contributed by atoms with E-state index >= 15 is 0 Å². The average molecular weight is 402 g/mol. The van der Waals surface area contributed by atoms with Crippen LogP contribution in [-0.2, 0) is 18.5 Å². The van der Waals surface area contributed by atoms with Crippen LogP contribution in [0.3, 0.4) is 0 Å². The third-order valence-electron chi connectivity index (χ3n) is 5.35. The van der Waals surface area contributed by atoms with Crippen molar-refractivity contribution >= 4 is 16.9 Å². The molecule has 0 atom stereocenters. The first-order chi connectivity index (χ1) is 14.3. The summed E-state index contributed by atoms with van der Waals surface area (Å²) in [4.78, 5) is 19.1. The Kier molecular flexibility index (Phi) is 5.20. The highest BCUT2D eigenvalue weighted by atomic mass is 16.3. The minimum atomic E-state index is -0.159. The zero-order valence-electron chi connectivity index (χ0n) is 17.9. The number of amides is 1. The Morgan fingerprint density at radius 2 is 1.77 bits per heavy atom. The Morgan fingerprint density at radius 3 is 2.43 bits per heavy atom. The van der Waals surface area contributed by atoms with Gasteiger partial charge in [-0.3, -0.25) is 4.79 Å². The number of carbonyl (C=O) groups excluding carboxylic acids is 1. The van der Waals surface area contributed by atoms with Crippen LogP contribution in [0.15, 0.2) is 71.3 Å². The number of para-hydroxylation sites is 2. The highest BCUT2D eigenvalue weighted by Crippen LogP contribution is 2.24. The van der Waals surface area contributed by atoms with Crippen molar-refractivity contribution in [2.75, 3.05) is 7.05 Å². The van der Waals surface area contributed by atoms with E-state index in [0.717, 1.165) is 16.9 Å². The Labute approximate surface area is 177 Å². The monoisotopic (exact) mass is 401 g/mol. The van der Waals surface area contributed by atoms with Gasteiger partial charge in [0, 0.05) is 13.6 Å². The van der Waals surface area contributed by atoms with Crippen LogP contribution in [0.25, 0.3) is 11.0 Å². The lowest BCUT2D eigenvalue weighted by atomic mass is 9.87. The second-order valence-electron chi connectivity index (χ2n) is 8.69. The molecule has 0 N–H and O–H groups in total. The van der Waals surface area contributed by atoms with E-state index in [2.05, 4.69) is 55.7 Å². The van der Waals surface area contributed by atoms with E-state index in [4.69, 9.17) is 9.40 Å². The molecule has 0 radical (unpaired) electrons. The van der Waals surface area contributed by atoms with Gasteiger partial charge in [0.15, 0.2) is 5.76 Å². The van der Waals surface area contributed by atoms with Crippen molar-refractivity contribution < 1.29 is 9.21 Å². The van der Waals surface area contributed by atoms with E-state index in [0.29, 0.717) is 18.8 Å². The van der Waals surface area contributed by atoms with Gasteiger partial charge in [-0.15, -0.1) is 0 Å². The summed E-state index contributed by atoms with van der Waals surface area (Å²) in [6, 6.07) is 20.2. The standard InChI is InChI=1S/C25H27N3O2/c1-25(2,3)19-13-11-18(12-14-19)16-28-21-9-6-5-8-20(21)26-23(28)17-27(4)24(29)22-10-7-15-30-22/h5-15H,16-17H2,1-4H3. The SMILES string of the molecule is CN(Cc1nc2ccccc2n1Cc1ccc(C(C)(C)C)cc1)C(=O)c1ccco1. The molecule has 2 aromatic heterocycles. The summed E-state index contributed by atoms with van der Waals surface area (Å²) in [7, 11) is 1.77. The van der Waals surface area contributed by atoms with Gasteiger partial charge in [-0.1, -0.05) is 57.2 Å². The molecule has 2 aromatic carbocycles. The highest BCUT2D eigenvalue weighted by molar-refractivity contribution is 5.91. The fourth-order valence-corrected chi connectivity index (χ4v) is 3.59. The van der Waals surface area contributed by atoms with Crippen LogP contribution in [0, 0.1) is 0 Å². The molecule has 4 rings (SSSR count). The molecule has 0 fully saturated rings. The zero-order chi connectivity index (χ0) is 21.3. The van der Waals surface area contributed by atoms with Gasteiger partial charge in [-0.2, -0.15) is 0 Å². The smallest absolute Gasteiger partial charge is 0.289 e. The molecule has 154 valence electrons. The Balaban J connectivity index is 1.64. The lowest BCUT2D eigenvalue weighted by Gasteiger charge is -2.20. The molecule has 1 amide bonds. The lowest BCUT2D eigenvalue weighted by Crippen LogP contribution is -2.27. The van der Waals surface area contributed by atoms with E-state index in [-0.39, 0.29) is 11.3 Å². The molecule has 0 aliphatic rings. The Morgan fingerprint density at radius 1 is 1.03 bits per heavy atom. The van der Waals surface area contributed by atoms with Crippen molar-refractivity contribution in [3.63, 3.8) is 0 Å². The molecule has 5 heteroatoms. The number of hydrogen-bond donors (Lipinski definition) is 0. The van der Waals surface area contributed by atoms with E-state index < -0.39 is 0 Å². The van der Waals surface area contributed by atoms with Gasteiger partial charge in [-0.05, 0) is 40.8 Å². The fourth-order valence-electron chi connectivity index (χ4n) is 3.59. The number of hydrogen-bond acceptors (Lipinski definition) is 3. The van der Waals surface area contributed by atoms with E-state index in [1.54, 1.807) is 24.1 Å². The minimum Gasteiger partial charge on any atom is -0.459 e. The third-order valence-corrected chi connectivity index (χ3v) is 5.35. The Hall–Kier alpha value is -3.34. The van der Waals surface area contributed by atoms with Crippen LogP contribution in [0.1, 0.15) is 48.3 Å². The number of imidazole rings is 1. The van der Waals surface area contributed by atoms with Crippen molar-refractivity contribution in [2.45, 2.75) is 39.3 Å². The average Bonchev–Trinajstić information content (AvgIpc) is 3.36. The molecule has 0 aliphatic carbocycles. The van der Waals surface area contributed by atoms with Crippen LogP contribution in [0.4, 0.5) is 0 Å². The van der Waals surface area contributed by atoms with Gasteiger partial charge >= 0.3 is 0 Å². The Bertz CT molecular complexity index is 1150. The normalized spacial score (nSPS) is 11.7. The second kappa shape index (κ2) is 7.82. The van der Waals surface area contributed by atoms with Crippen LogP contribution in [0.5, 0.6) is 0 Å². The first-order valence-electron chi connectivity index (χ1n) is 10.2. The molecular weight excluding hydrogens is 374 g/mol. The number of fused-ring (bicyclic) bond motifs is 1. The summed E-state index contributed by atoms with van der Waals surface area (Å²) >= 11 is 0. The quantitative estimate of drug-likeness (QED) is 0.459. The zero-order valence-corrected chi connectivity index (χ0v) is 17.9. The summed E-state index contributed by atoms with van der Waals surface area (Å²) < 4.78 is 7.45. The van der Waals surface area contributed by atoms with E-state index in [1.165, 1.54) is 17.4 Å². The summed E-state index contributed by atoms with van der Waals surface area (Å²) in [6.07, 6.45) is 1.51. The van der Waals surface area contributed by atoms with Crippen molar-refractivity contribution in [3.8, 4) is 0 Å². The molecule has 0 aliphatic heterocycles. The molecular formula is C25H27N3O2. The van der Waals surface area contributed by atoms with Crippen LogP contribution in [0.2, 0.25) is 0 Å². The van der Waals surface area contributed by atoms with Gasteiger partial charge in [0.25, 0.3) is 5.91 Å². The summed E-state index contributed by atoms with van der Waals surface area (Å²) in [5.41, 5.74) is 4.63. The summed E-state index contributed by atoms with van der Waals surface area (Å²) in [5, 5.41) is 0. The number of furan rings is 1. The topological polar surface area (TPSA) is 51.3 Å². The molecule has 2 heterocycles. The maximum Gasteiger partial charge on any atom is 0.289 e. The van der Waals surface area contributed by atoms with Gasteiger partial charge in [0.1, 0.15) is 5.82 Å². The maximum atomic E-state index is 12.6. The number of benzene rings is 2. The summed E-state index contributed by atoms with van der Waals surface area (Å²) in [5.74, 6) is 1.02. The van der Waals surface area contributed by atoms with Gasteiger partial charge < -0.3 is 13.9 Å². The van der Waals surface area contributed by atoms with E-state index in [9.17, 15) is 4.79 Å². The molecule has 0 spiro atoms. The van der Waals surface area contributed by atoms with Crippen molar-refractivity contribution in [3.05, 3.63) is 89.6 Å². The van der Waals surface area contributed by atoms with Gasteiger partial charge in [0.2, 0.25) is 0 Å². The van der Waals surface area contributed by atoms with Crippen LogP contribution in [-0.4, -0.2) is 27.4 Å². The van der Waals surface area contributed by atoms with Gasteiger partial charge in [0.05, 0.1) is 23.8 Å². The summed E-state index contributed by atoms with van der Waals surface area (Å²) in [6.45, 7) is 7.75. The first kappa shape index (κ1) is 20.0. The molecule has 4 aromatic rings. The predicted molar refractivity (Wildman–Crippen MR) is 118 cm³/mol.